The van der Waals surface area contributed by atoms with Gasteiger partial charge in [-0.3, -0.25) is 0 Å². The molecule has 0 unspecified atom stereocenters. The lowest BCUT2D eigenvalue weighted by molar-refractivity contribution is 0.0452. The van der Waals surface area contributed by atoms with Gasteiger partial charge in [0.05, 0.1) is 10.3 Å². The van der Waals surface area contributed by atoms with E-state index >= 15 is 0 Å². The molecule has 0 bridgehead atoms. The summed E-state index contributed by atoms with van der Waals surface area (Å²) < 4.78 is 0.921. The molecule has 0 saturated heterocycles. The van der Waals surface area contributed by atoms with Crippen molar-refractivity contribution in [3.05, 3.63) is 12.7 Å². The largest absolute Gasteiger partial charge is 0.392 e. The second-order valence-corrected chi connectivity index (χ2v) is 6.95. The van der Waals surface area contributed by atoms with Crippen molar-refractivity contribution in [1.82, 2.24) is 0 Å². The van der Waals surface area contributed by atoms with Crippen LogP contribution in [0, 0.1) is 17.8 Å². The van der Waals surface area contributed by atoms with E-state index < -0.39 is 0 Å². The van der Waals surface area contributed by atoms with E-state index in [1.807, 2.05) is 12.3 Å². The number of hydrogen-bond acceptors (Lipinski definition) is 3. The number of aliphatic hydroxyl groups excluding tert-OH is 1. The molecule has 0 radical (unpaired) electrons. The molecule has 0 spiro atoms. The Bertz CT molecular complexity index is 272. The van der Waals surface area contributed by atoms with Crippen LogP contribution in [0.25, 0.3) is 0 Å². The predicted molar refractivity (Wildman–Crippen MR) is 86.2 cm³/mol. The van der Waals surface area contributed by atoms with Crippen LogP contribution < -0.4 is 0 Å². The van der Waals surface area contributed by atoms with E-state index in [2.05, 4.69) is 13.5 Å². The van der Waals surface area contributed by atoms with Gasteiger partial charge in [0.1, 0.15) is 0 Å². The van der Waals surface area contributed by atoms with Crippen molar-refractivity contribution in [2.45, 2.75) is 51.6 Å². The van der Waals surface area contributed by atoms with Gasteiger partial charge in [-0.25, -0.2) is 0 Å². The Kier molecular flexibility index (Phi) is 7.50. The minimum atomic E-state index is -0.314. The van der Waals surface area contributed by atoms with Crippen molar-refractivity contribution >= 4 is 28.2 Å². The molecule has 1 nitrogen and oxygen atoms in total. The maximum Gasteiger partial charge on any atom is 0.0653 e. The van der Waals surface area contributed by atoms with Gasteiger partial charge in [-0.2, -0.15) is 0 Å². The molecule has 18 heavy (non-hydrogen) atoms. The minimum Gasteiger partial charge on any atom is -0.392 e. The molecule has 0 aromatic heterocycles. The number of thioether (sulfide) groups is 1. The lowest BCUT2D eigenvalue weighted by atomic mass is 9.75. The third-order valence-electron chi connectivity index (χ3n) is 4.27. The fourth-order valence-electron chi connectivity index (χ4n) is 3.01. The fourth-order valence-corrected chi connectivity index (χ4v) is 3.79. The highest BCUT2D eigenvalue weighted by atomic mass is 32.2. The molecule has 3 heteroatoms. The lowest BCUT2D eigenvalue weighted by Gasteiger charge is -2.34. The Balaban J connectivity index is 2.64. The third-order valence-corrected chi connectivity index (χ3v) is 5.78. The van der Waals surface area contributed by atoms with Crippen molar-refractivity contribution in [2.24, 2.45) is 17.8 Å². The van der Waals surface area contributed by atoms with Crippen LogP contribution in [0.3, 0.4) is 0 Å². The Morgan fingerprint density at radius 1 is 1.44 bits per heavy atom. The van der Waals surface area contributed by atoms with Crippen LogP contribution in [0.4, 0.5) is 0 Å². The molecule has 1 aliphatic rings. The fraction of sp³-hybridized carbons (Fsp3) is 0.800. The first kappa shape index (κ1) is 16.2. The average Bonchev–Trinajstić information content (AvgIpc) is 2.43. The summed E-state index contributed by atoms with van der Waals surface area (Å²) in [5, 5.41) is 10.6. The monoisotopic (exact) mass is 286 g/mol. The number of rotatable bonds is 6. The Morgan fingerprint density at radius 3 is 2.56 bits per heavy atom. The highest BCUT2D eigenvalue weighted by Gasteiger charge is 2.32. The Hall–Kier alpha value is 0.140. The van der Waals surface area contributed by atoms with Crippen molar-refractivity contribution in [1.29, 1.82) is 0 Å². The van der Waals surface area contributed by atoms with Crippen LogP contribution >= 0.6 is 24.0 Å². The average molecular weight is 287 g/mol. The first-order valence-electron chi connectivity index (χ1n) is 6.98. The van der Waals surface area contributed by atoms with Crippen molar-refractivity contribution in [3.8, 4) is 0 Å². The van der Waals surface area contributed by atoms with E-state index in [-0.39, 0.29) is 12.0 Å². The molecule has 0 heterocycles. The number of allylic oxidation sites excluding steroid dienone is 1. The topological polar surface area (TPSA) is 20.2 Å². The van der Waals surface area contributed by atoms with Crippen LogP contribution in [0.15, 0.2) is 12.7 Å². The van der Waals surface area contributed by atoms with Crippen LogP contribution in [0.1, 0.15) is 45.4 Å². The summed E-state index contributed by atoms with van der Waals surface area (Å²) in [5.74, 6) is 1.11. The first-order valence-corrected chi connectivity index (χ1v) is 8.61. The molecule has 0 aromatic carbocycles. The second kappa shape index (κ2) is 8.34. The van der Waals surface area contributed by atoms with Crippen LogP contribution in [-0.2, 0) is 0 Å². The van der Waals surface area contributed by atoms with Gasteiger partial charge in [-0.05, 0) is 24.5 Å². The lowest BCUT2D eigenvalue weighted by Crippen LogP contribution is -2.35. The molecule has 1 fully saturated rings. The summed E-state index contributed by atoms with van der Waals surface area (Å²) in [7, 11) is 0. The summed E-state index contributed by atoms with van der Waals surface area (Å²) in [6.45, 7) is 5.99. The van der Waals surface area contributed by atoms with Gasteiger partial charge in [0.2, 0.25) is 0 Å². The van der Waals surface area contributed by atoms with E-state index in [0.717, 1.165) is 10.6 Å². The van der Waals surface area contributed by atoms with Gasteiger partial charge in [-0.1, -0.05) is 57.3 Å². The standard InChI is InChI=1S/C15H26OS2/c1-4-8-13(15(17)18-3)14(16)11(2)12-9-6-5-7-10-12/h4,11-14,16H,1,5-10H2,2-3H3/t11-,13+,14+/m1/s1. The molecule has 1 N–H and O–H groups in total. The Morgan fingerprint density at radius 2 is 2.06 bits per heavy atom. The summed E-state index contributed by atoms with van der Waals surface area (Å²) in [5.41, 5.74) is 0. The van der Waals surface area contributed by atoms with E-state index in [1.165, 1.54) is 32.1 Å². The molecule has 104 valence electrons. The summed E-state index contributed by atoms with van der Waals surface area (Å²) in [4.78, 5) is 0. The molecule has 3 atom stereocenters. The van der Waals surface area contributed by atoms with Gasteiger partial charge >= 0.3 is 0 Å². The number of hydrogen-bond donors (Lipinski definition) is 1. The highest BCUT2D eigenvalue weighted by molar-refractivity contribution is 8.22. The van der Waals surface area contributed by atoms with Gasteiger partial charge < -0.3 is 5.11 Å². The van der Waals surface area contributed by atoms with Gasteiger partial charge in [0.15, 0.2) is 0 Å². The van der Waals surface area contributed by atoms with Gasteiger partial charge in [0.25, 0.3) is 0 Å². The van der Waals surface area contributed by atoms with E-state index in [1.54, 1.807) is 11.8 Å². The van der Waals surface area contributed by atoms with Crippen LogP contribution in [-0.4, -0.2) is 21.7 Å². The van der Waals surface area contributed by atoms with Crippen molar-refractivity contribution < 1.29 is 5.11 Å². The normalized spacial score (nSPS) is 22.2. The molecule has 1 rings (SSSR count). The molecular weight excluding hydrogens is 260 g/mol. The molecule has 0 aliphatic heterocycles. The van der Waals surface area contributed by atoms with E-state index in [9.17, 15) is 5.11 Å². The van der Waals surface area contributed by atoms with E-state index in [0.29, 0.717) is 11.8 Å². The quantitative estimate of drug-likeness (QED) is 0.575. The molecule has 1 saturated carbocycles. The van der Waals surface area contributed by atoms with E-state index in [4.69, 9.17) is 12.2 Å². The zero-order valence-corrected chi connectivity index (χ0v) is 13.2. The second-order valence-electron chi connectivity index (χ2n) is 5.40. The summed E-state index contributed by atoms with van der Waals surface area (Å²) in [6, 6.07) is 0. The number of thiocarbonyl (C=S) groups is 1. The zero-order valence-electron chi connectivity index (χ0n) is 11.6. The van der Waals surface area contributed by atoms with Gasteiger partial charge in [-0.15, -0.1) is 18.3 Å². The zero-order chi connectivity index (χ0) is 13.5. The molecular formula is C15H26OS2. The molecule has 1 aliphatic carbocycles. The van der Waals surface area contributed by atoms with Crippen LogP contribution in [0.2, 0.25) is 0 Å². The Labute approximate surface area is 121 Å². The van der Waals surface area contributed by atoms with Crippen LogP contribution in [0.5, 0.6) is 0 Å². The highest BCUT2D eigenvalue weighted by Crippen LogP contribution is 2.35. The third kappa shape index (κ3) is 4.36. The summed E-state index contributed by atoms with van der Waals surface area (Å²) in [6.07, 6.45) is 10.9. The maximum atomic E-state index is 10.6. The minimum absolute atomic E-state index is 0.0874. The summed E-state index contributed by atoms with van der Waals surface area (Å²) >= 11 is 6.98. The maximum absolute atomic E-state index is 10.6. The predicted octanol–water partition coefficient (Wildman–Crippen LogP) is 4.45. The smallest absolute Gasteiger partial charge is 0.0653 e. The molecule has 0 amide bonds. The SMILES string of the molecule is C=CC[C@H](C(=S)SC)[C@@H](O)[C@H](C)C1CCCCC1. The van der Waals surface area contributed by atoms with Crippen molar-refractivity contribution in [2.75, 3.05) is 6.26 Å². The number of aliphatic hydroxyl groups is 1. The van der Waals surface area contributed by atoms with Crippen molar-refractivity contribution in [3.63, 3.8) is 0 Å². The molecule has 0 aromatic rings. The van der Waals surface area contributed by atoms with Gasteiger partial charge in [0, 0.05) is 5.92 Å². The first-order chi connectivity index (χ1) is 8.61.